The number of benzene rings is 1. The summed E-state index contributed by atoms with van der Waals surface area (Å²) in [5, 5.41) is 7.33. The Labute approximate surface area is 102 Å². The van der Waals surface area contributed by atoms with Crippen molar-refractivity contribution in [1.82, 2.24) is 0 Å². The van der Waals surface area contributed by atoms with Gasteiger partial charge in [0.25, 0.3) is 0 Å². The molecular formula is C13H20N2O2. The normalized spacial score (nSPS) is 10.6. The van der Waals surface area contributed by atoms with Crippen molar-refractivity contribution in [2.45, 2.75) is 26.9 Å². The van der Waals surface area contributed by atoms with Gasteiger partial charge in [-0.05, 0) is 44.5 Å². The number of nitrogens with one attached hydrogen (secondary N) is 1. The number of aryl methyl sites for hydroxylation is 1. The van der Waals surface area contributed by atoms with Gasteiger partial charge in [-0.1, -0.05) is 0 Å². The summed E-state index contributed by atoms with van der Waals surface area (Å²) in [7, 11) is 0. The lowest BCUT2D eigenvalue weighted by Gasteiger charge is -2.11. The van der Waals surface area contributed by atoms with E-state index < -0.39 is 0 Å². The molecule has 0 heterocycles. The van der Waals surface area contributed by atoms with Crippen LogP contribution in [0.1, 0.15) is 25.0 Å². The van der Waals surface area contributed by atoms with Gasteiger partial charge in [-0.25, -0.2) is 0 Å². The fourth-order valence-electron chi connectivity index (χ4n) is 1.41. The minimum atomic E-state index is 0.0720. The average Bonchev–Trinajstić information content (AvgIpc) is 2.25. The third kappa shape index (κ3) is 4.44. The summed E-state index contributed by atoms with van der Waals surface area (Å²) in [5.41, 5.74) is 7.10. The molecule has 17 heavy (non-hydrogen) atoms. The summed E-state index contributed by atoms with van der Waals surface area (Å²) < 4.78 is 11.0. The molecule has 0 atom stereocenters. The monoisotopic (exact) mass is 236 g/mol. The predicted octanol–water partition coefficient (Wildman–Crippen LogP) is 2.08. The van der Waals surface area contributed by atoms with Gasteiger partial charge in [-0.15, -0.1) is 0 Å². The Kier molecular flexibility index (Phi) is 4.97. The number of nitrogens with two attached hydrogens (primary N) is 1. The maximum atomic E-state index is 7.33. The molecule has 0 aliphatic carbocycles. The second-order valence-corrected chi connectivity index (χ2v) is 4.16. The maximum absolute atomic E-state index is 7.33. The summed E-state index contributed by atoms with van der Waals surface area (Å²) in [5.74, 6) is 0.880. The van der Waals surface area contributed by atoms with Gasteiger partial charge in [0.1, 0.15) is 18.2 Å². The highest BCUT2D eigenvalue weighted by Gasteiger charge is 2.03. The minimum absolute atomic E-state index is 0.0720. The Morgan fingerprint density at radius 3 is 2.59 bits per heavy atom. The summed E-state index contributed by atoms with van der Waals surface area (Å²) in [4.78, 5) is 0. The Morgan fingerprint density at radius 1 is 1.35 bits per heavy atom. The van der Waals surface area contributed by atoms with E-state index in [-0.39, 0.29) is 11.9 Å². The van der Waals surface area contributed by atoms with Crippen LogP contribution in [-0.2, 0) is 4.74 Å². The first-order valence-electron chi connectivity index (χ1n) is 5.70. The Hall–Kier alpha value is -1.55. The first-order chi connectivity index (χ1) is 8.00. The highest BCUT2D eigenvalue weighted by atomic mass is 16.5. The molecule has 0 aliphatic heterocycles. The largest absolute Gasteiger partial charge is 0.491 e. The van der Waals surface area contributed by atoms with Crippen LogP contribution >= 0.6 is 0 Å². The van der Waals surface area contributed by atoms with Crippen LogP contribution in [0.5, 0.6) is 5.75 Å². The zero-order chi connectivity index (χ0) is 12.8. The van der Waals surface area contributed by atoms with E-state index in [0.717, 1.165) is 11.3 Å². The highest BCUT2D eigenvalue weighted by Crippen LogP contribution is 2.18. The van der Waals surface area contributed by atoms with E-state index in [9.17, 15) is 0 Å². The number of amidine groups is 1. The van der Waals surface area contributed by atoms with E-state index >= 15 is 0 Å². The Morgan fingerprint density at radius 2 is 2.06 bits per heavy atom. The standard InChI is InChI=1S/C13H20N2O2/c1-9(2)16-6-7-17-12-5-4-11(13(14)15)8-10(12)3/h4-5,8-9H,6-7H2,1-3H3,(H3,14,15). The van der Waals surface area contributed by atoms with Crippen LogP contribution in [0.15, 0.2) is 18.2 Å². The minimum Gasteiger partial charge on any atom is -0.491 e. The molecule has 1 aromatic rings. The van der Waals surface area contributed by atoms with Crippen LogP contribution in [0.2, 0.25) is 0 Å². The van der Waals surface area contributed by atoms with Crippen LogP contribution in [0, 0.1) is 12.3 Å². The first-order valence-corrected chi connectivity index (χ1v) is 5.70. The predicted molar refractivity (Wildman–Crippen MR) is 68.8 cm³/mol. The van der Waals surface area contributed by atoms with E-state index in [1.807, 2.05) is 32.9 Å². The van der Waals surface area contributed by atoms with Crippen molar-refractivity contribution < 1.29 is 9.47 Å². The highest BCUT2D eigenvalue weighted by molar-refractivity contribution is 5.95. The Balaban J connectivity index is 2.52. The molecule has 94 valence electrons. The number of hydrogen-bond acceptors (Lipinski definition) is 3. The van der Waals surface area contributed by atoms with E-state index in [4.69, 9.17) is 20.6 Å². The topological polar surface area (TPSA) is 68.3 Å². The second kappa shape index (κ2) is 6.25. The molecule has 0 radical (unpaired) electrons. The lowest BCUT2D eigenvalue weighted by molar-refractivity contribution is 0.0551. The quantitative estimate of drug-likeness (QED) is 0.451. The molecule has 1 rings (SSSR count). The third-order valence-corrected chi connectivity index (χ3v) is 2.28. The molecule has 3 N–H and O–H groups in total. The third-order valence-electron chi connectivity index (χ3n) is 2.28. The molecule has 0 aliphatic rings. The number of nitrogen functional groups attached to an aromatic ring is 1. The SMILES string of the molecule is Cc1cc(C(=N)N)ccc1OCCOC(C)C. The fourth-order valence-corrected chi connectivity index (χ4v) is 1.41. The summed E-state index contributed by atoms with van der Waals surface area (Å²) in [6.45, 7) is 7.02. The van der Waals surface area contributed by atoms with Crippen molar-refractivity contribution in [3.8, 4) is 5.75 Å². The van der Waals surface area contributed by atoms with Gasteiger partial charge in [-0.2, -0.15) is 0 Å². The van der Waals surface area contributed by atoms with Crippen molar-refractivity contribution in [3.05, 3.63) is 29.3 Å². The molecule has 0 fully saturated rings. The lowest BCUT2D eigenvalue weighted by atomic mass is 10.1. The van der Waals surface area contributed by atoms with E-state index in [2.05, 4.69) is 0 Å². The van der Waals surface area contributed by atoms with E-state index in [0.29, 0.717) is 18.8 Å². The van der Waals surface area contributed by atoms with Crippen LogP contribution in [-0.4, -0.2) is 25.2 Å². The first kappa shape index (κ1) is 13.5. The molecule has 0 saturated carbocycles. The van der Waals surface area contributed by atoms with Crippen LogP contribution < -0.4 is 10.5 Å². The van der Waals surface area contributed by atoms with Crippen molar-refractivity contribution >= 4 is 5.84 Å². The second-order valence-electron chi connectivity index (χ2n) is 4.16. The van der Waals surface area contributed by atoms with Crippen LogP contribution in [0.4, 0.5) is 0 Å². The fraction of sp³-hybridized carbons (Fsp3) is 0.462. The van der Waals surface area contributed by atoms with Gasteiger partial charge in [0.15, 0.2) is 0 Å². The summed E-state index contributed by atoms with van der Waals surface area (Å²) in [6.07, 6.45) is 0.222. The van der Waals surface area contributed by atoms with Crippen molar-refractivity contribution in [1.29, 1.82) is 5.41 Å². The average molecular weight is 236 g/mol. The van der Waals surface area contributed by atoms with Crippen molar-refractivity contribution in [2.24, 2.45) is 5.73 Å². The summed E-state index contributed by atoms with van der Waals surface area (Å²) >= 11 is 0. The zero-order valence-corrected chi connectivity index (χ0v) is 10.6. The van der Waals surface area contributed by atoms with Gasteiger partial charge in [-0.3, -0.25) is 5.41 Å². The van der Waals surface area contributed by atoms with Gasteiger partial charge in [0.05, 0.1) is 12.7 Å². The van der Waals surface area contributed by atoms with Crippen molar-refractivity contribution in [2.75, 3.05) is 13.2 Å². The molecule has 1 aromatic carbocycles. The Bertz CT molecular complexity index is 389. The zero-order valence-electron chi connectivity index (χ0n) is 10.6. The maximum Gasteiger partial charge on any atom is 0.122 e. The van der Waals surface area contributed by atoms with Crippen LogP contribution in [0.25, 0.3) is 0 Å². The number of rotatable bonds is 6. The molecule has 4 heteroatoms. The summed E-state index contributed by atoms with van der Waals surface area (Å²) in [6, 6.07) is 5.47. The van der Waals surface area contributed by atoms with Gasteiger partial charge < -0.3 is 15.2 Å². The smallest absolute Gasteiger partial charge is 0.122 e. The molecule has 0 amide bonds. The van der Waals surface area contributed by atoms with Crippen molar-refractivity contribution in [3.63, 3.8) is 0 Å². The molecule has 4 nitrogen and oxygen atoms in total. The number of hydrogen-bond donors (Lipinski definition) is 2. The molecule has 0 bridgehead atoms. The lowest BCUT2D eigenvalue weighted by Crippen LogP contribution is -2.13. The van der Waals surface area contributed by atoms with Gasteiger partial charge in [0.2, 0.25) is 0 Å². The molecule has 0 aromatic heterocycles. The molecule has 0 unspecified atom stereocenters. The van der Waals surface area contributed by atoms with E-state index in [1.165, 1.54) is 0 Å². The van der Waals surface area contributed by atoms with Gasteiger partial charge in [0, 0.05) is 5.56 Å². The molecule has 0 saturated heterocycles. The molecule has 0 spiro atoms. The van der Waals surface area contributed by atoms with E-state index in [1.54, 1.807) is 6.07 Å². The molecular weight excluding hydrogens is 216 g/mol. The number of ether oxygens (including phenoxy) is 2. The van der Waals surface area contributed by atoms with Gasteiger partial charge >= 0.3 is 0 Å². The van der Waals surface area contributed by atoms with Crippen LogP contribution in [0.3, 0.4) is 0 Å².